The lowest BCUT2D eigenvalue weighted by Crippen LogP contribution is -1.98. The fourth-order valence-electron chi connectivity index (χ4n) is 2.13. The number of aliphatic hydroxyl groups excluding tert-OH is 1. The molecule has 0 saturated heterocycles. The van der Waals surface area contributed by atoms with Crippen LogP contribution in [0.1, 0.15) is 30.1 Å². The summed E-state index contributed by atoms with van der Waals surface area (Å²) < 4.78 is 5.13. The molecule has 2 aromatic carbocycles. The van der Waals surface area contributed by atoms with Gasteiger partial charge in [0.1, 0.15) is 5.75 Å². The van der Waals surface area contributed by atoms with Crippen molar-refractivity contribution in [1.29, 1.82) is 0 Å². The van der Waals surface area contributed by atoms with Crippen molar-refractivity contribution in [1.82, 2.24) is 0 Å². The molecule has 1 N–H and O–H groups in total. The third kappa shape index (κ3) is 4.11. The Hall–Kier alpha value is -1.80. The molecule has 0 fully saturated rings. The summed E-state index contributed by atoms with van der Waals surface area (Å²) in [6.07, 6.45) is 2.38. The van der Waals surface area contributed by atoms with Crippen molar-refractivity contribution < 1.29 is 9.84 Å². The maximum absolute atomic E-state index is 10.1. The van der Waals surface area contributed by atoms with Gasteiger partial charge in [-0.15, -0.1) is 0 Å². The molecule has 0 aliphatic rings. The quantitative estimate of drug-likeness (QED) is 0.853. The first kappa shape index (κ1) is 13.6. The van der Waals surface area contributed by atoms with E-state index in [4.69, 9.17) is 4.74 Å². The zero-order chi connectivity index (χ0) is 13.5. The normalized spacial score (nSPS) is 12.1. The van der Waals surface area contributed by atoms with Crippen molar-refractivity contribution in [3.05, 3.63) is 65.7 Å². The van der Waals surface area contributed by atoms with E-state index < -0.39 is 0 Å². The zero-order valence-electron chi connectivity index (χ0n) is 11.3. The van der Waals surface area contributed by atoms with Crippen LogP contribution in [0.15, 0.2) is 54.6 Å². The fourth-order valence-corrected chi connectivity index (χ4v) is 2.13. The van der Waals surface area contributed by atoms with Crippen LogP contribution >= 0.6 is 0 Å². The molecule has 0 radical (unpaired) electrons. The molecule has 0 saturated carbocycles. The molecule has 2 nitrogen and oxygen atoms in total. The van der Waals surface area contributed by atoms with Crippen molar-refractivity contribution in [3.63, 3.8) is 0 Å². The van der Waals surface area contributed by atoms with Gasteiger partial charge >= 0.3 is 0 Å². The van der Waals surface area contributed by atoms with Gasteiger partial charge in [-0.05, 0) is 42.5 Å². The standard InChI is InChI=1S/C17H20O2/c1-19-16-12-10-14(11-13-16)6-5-9-17(18)15-7-3-2-4-8-15/h2-4,7-8,10-13,17-18H,5-6,9H2,1H3. The van der Waals surface area contributed by atoms with E-state index >= 15 is 0 Å². The van der Waals surface area contributed by atoms with Crippen LogP contribution in [-0.4, -0.2) is 12.2 Å². The SMILES string of the molecule is COc1ccc(CCCC(O)c2ccccc2)cc1. The van der Waals surface area contributed by atoms with Gasteiger partial charge in [0.15, 0.2) is 0 Å². The first-order valence-corrected chi connectivity index (χ1v) is 6.65. The molecule has 0 bridgehead atoms. The Bertz CT molecular complexity index is 476. The molecule has 1 unspecified atom stereocenters. The van der Waals surface area contributed by atoms with Gasteiger partial charge in [0.2, 0.25) is 0 Å². The highest BCUT2D eigenvalue weighted by molar-refractivity contribution is 5.27. The third-order valence-electron chi connectivity index (χ3n) is 3.29. The smallest absolute Gasteiger partial charge is 0.118 e. The molecule has 0 aliphatic carbocycles. The van der Waals surface area contributed by atoms with Gasteiger partial charge in [-0.25, -0.2) is 0 Å². The lowest BCUT2D eigenvalue weighted by atomic mass is 10.0. The molecule has 0 heterocycles. The van der Waals surface area contributed by atoms with E-state index in [0.29, 0.717) is 0 Å². The van der Waals surface area contributed by atoms with Crippen molar-refractivity contribution in [2.75, 3.05) is 7.11 Å². The van der Waals surface area contributed by atoms with E-state index in [2.05, 4.69) is 12.1 Å². The van der Waals surface area contributed by atoms with E-state index in [1.54, 1.807) is 7.11 Å². The van der Waals surface area contributed by atoms with Crippen LogP contribution in [0, 0.1) is 0 Å². The molecule has 19 heavy (non-hydrogen) atoms. The first-order chi connectivity index (χ1) is 9.29. The number of ether oxygens (including phenoxy) is 1. The molecule has 0 aliphatic heterocycles. The predicted octanol–water partition coefficient (Wildman–Crippen LogP) is 3.75. The number of hydrogen-bond donors (Lipinski definition) is 1. The van der Waals surface area contributed by atoms with Crippen LogP contribution in [0.2, 0.25) is 0 Å². The molecular weight excluding hydrogens is 236 g/mol. The van der Waals surface area contributed by atoms with Crippen LogP contribution < -0.4 is 4.74 Å². The second-order valence-corrected chi connectivity index (χ2v) is 4.67. The van der Waals surface area contributed by atoms with E-state index in [9.17, 15) is 5.11 Å². The van der Waals surface area contributed by atoms with E-state index in [1.165, 1.54) is 5.56 Å². The van der Waals surface area contributed by atoms with Crippen LogP contribution in [0.5, 0.6) is 5.75 Å². The molecule has 0 aromatic heterocycles. The van der Waals surface area contributed by atoms with E-state index in [-0.39, 0.29) is 6.10 Å². The number of rotatable bonds is 6. The lowest BCUT2D eigenvalue weighted by Gasteiger charge is -2.10. The summed E-state index contributed by atoms with van der Waals surface area (Å²) in [5.74, 6) is 0.882. The third-order valence-corrected chi connectivity index (χ3v) is 3.29. The minimum Gasteiger partial charge on any atom is -0.497 e. The summed E-state index contributed by atoms with van der Waals surface area (Å²) >= 11 is 0. The number of methoxy groups -OCH3 is 1. The number of aryl methyl sites for hydroxylation is 1. The van der Waals surface area contributed by atoms with Crippen LogP contribution in [0.3, 0.4) is 0 Å². The monoisotopic (exact) mass is 256 g/mol. The maximum atomic E-state index is 10.1. The van der Waals surface area contributed by atoms with Gasteiger partial charge in [0.25, 0.3) is 0 Å². The van der Waals surface area contributed by atoms with E-state index in [0.717, 1.165) is 30.6 Å². The molecule has 1 atom stereocenters. The Morgan fingerprint density at radius 1 is 1.00 bits per heavy atom. The minimum absolute atomic E-state index is 0.362. The van der Waals surface area contributed by atoms with Crippen LogP contribution in [0.25, 0.3) is 0 Å². The van der Waals surface area contributed by atoms with Crippen LogP contribution in [0.4, 0.5) is 0 Å². The summed E-state index contributed by atoms with van der Waals surface area (Å²) in [5.41, 5.74) is 2.28. The molecule has 2 aromatic rings. The summed E-state index contributed by atoms with van der Waals surface area (Å²) in [6, 6.07) is 17.9. The fraction of sp³-hybridized carbons (Fsp3) is 0.294. The largest absolute Gasteiger partial charge is 0.497 e. The summed E-state index contributed by atoms with van der Waals surface area (Å²) in [4.78, 5) is 0. The molecule has 0 amide bonds. The van der Waals surface area contributed by atoms with Gasteiger partial charge in [0, 0.05) is 0 Å². The number of aliphatic hydroxyl groups is 1. The average molecular weight is 256 g/mol. The highest BCUT2D eigenvalue weighted by atomic mass is 16.5. The summed E-state index contributed by atoms with van der Waals surface area (Å²) in [5, 5.41) is 10.1. The molecule has 2 rings (SSSR count). The first-order valence-electron chi connectivity index (χ1n) is 6.65. The van der Waals surface area contributed by atoms with E-state index in [1.807, 2.05) is 42.5 Å². The second kappa shape index (κ2) is 6.95. The van der Waals surface area contributed by atoms with Crippen molar-refractivity contribution in [3.8, 4) is 5.75 Å². The Labute approximate surface area is 114 Å². The Kier molecular flexibility index (Phi) is 4.99. The minimum atomic E-state index is -0.362. The van der Waals surface area contributed by atoms with Crippen molar-refractivity contribution >= 4 is 0 Å². The summed E-state index contributed by atoms with van der Waals surface area (Å²) in [6.45, 7) is 0. The lowest BCUT2D eigenvalue weighted by molar-refractivity contribution is 0.164. The van der Waals surface area contributed by atoms with Gasteiger partial charge in [0.05, 0.1) is 13.2 Å². The molecular formula is C17H20O2. The highest BCUT2D eigenvalue weighted by Gasteiger charge is 2.06. The number of hydrogen-bond acceptors (Lipinski definition) is 2. The average Bonchev–Trinajstić information content (AvgIpc) is 2.49. The maximum Gasteiger partial charge on any atom is 0.118 e. The number of benzene rings is 2. The molecule has 2 heteroatoms. The van der Waals surface area contributed by atoms with Crippen LogP contribution in [-0.2, 0) is 6.42 Å². The van der Waals surface area contributed by atoms with Gasteiger partial charge < -0.3 is 9.84 Å². The molecule has 100 valence electrons. The summed E-state index contributed by atoms with van der Waals surface area (Å²) in [7, 11) is 1.67. The predicted molar refractivity (Wildman–Crippen MR) is 77.3 cm³/mol. The van der Waals surface area contributed by atoms with Crippen molar-refractivity contribution in [2.45, 2.75) is 25.4 Å². The second-order valence-electron chi connectivity index (χ2n) is 4.67. The van der Waals surface area contributed by atoms with Gasteiger partial charge in [-0.3, -0.25) is 0 Å². The zero-order valence-corrected chi connectivity index (χ0v) is 11.3. The highest BCUT2D eigenvalue weighted by Crippen LogP contribution is 2.20. The van der Waals surface area contributed by atoms with Gasteiger partial charge in [-0.2, -0.15) is 0 Å². The van der Waals surface area contributed by atoms with Gasteiger partial charge in [-0.1, -0.05) is 42.5 Å². The Morgan fingerprint density at radius 3 is 2.32 bits per heavy atom. The topological polar surface area (TPSA) is 29.5 Å². The Balaban J connectivity index is 1.79. The molecule has 0 spiro atoms. The van der Waals surface area contributed by atoms with Crippen molar-refractivity contribution in [2.24, 2.45) is 0 Å². The Morgan fingerprint density at radius 2 is 1.68 bits per heavy atom.